The molecule has 0 unspecified atom stereocenters. The van der Waals surface area contributed by atoms with Gasteiger partial charge >= 0.3 is 0 Å². The van der Waals surface area contributed by atoms with E-state index in [4.69, 9.17) is 9.15 Å². The highest BCUT2D eigenvalue weighted by molar-refractivity contribution is 6.04. The largest absolute Gasteiger partial charge is 0.490 e. The maximum absolute atomic E-state index is 12.0. The second kappa shape index (κ2) is 7.29. The molecule has 0 aliphatic carbocycles. The Morgan fingerprint density at radius 3 is 2.40 bits per heavy atom. The van der Waals surface area contributed by atoms with Gasteiger partial charge in [-0.1, -0.05) is 6.58 Å². The van der Waals surface area contributed by atoms with Gasteiger partial charge < -0.3 is 9.15 Å². The Bertz CT molecular complexity index is 452. The van der Waals surface area contributed by atoms with Crippen molar-refractivity contribution in [1.82, 2.24) is 4.90 Å². The van der Waals surface area contributed by atoms with E-state index in [9.17, 15) is 4.79 Å². The summed E-state index contributed by atoms with van der Waals surface area (Å²) in [7, 11) is 0. The van der Waals surface area contributed by atoms with Gasteiger partial charge in [0.25, 0.3) is 5.78 Å². The molecule has 4 heteroatoms. The minimum absolute atomic E-state index is 0.123. The molecule has 0 bridgehead atoms. The number of rotatable bonds is 8. The summed E-state index contributed by atoms with van der Waals surface area (Å²) < 4.78 is 10.7. The third kappa shape index (κ3) is 4.23. The zero-order chi connectivity index (χ0) is 15.3. The van der Waals surface area contributed by atoms with Crippen LogP contribution in [0.1, 0.15) is 50.9 Å². The predicted octanol–water partition coefficient (Wildman–Crippen LogP) is 3.63. The third-order valence-electron chi connectivity index (χ3n) is 3.12. The molecular formula is C16H25NO3. The summed E-state index contributed by atoms with van der Waals surface area (Å²) in [5.41, 5.74) is 0. The number of Topliss-reactive ketones (excluding diaryl/α,β-unsaturated/α-hetero) is 1. The van der Waals surface area contributed by atoms with Crippen molar-refractivity contribution in [3.8, 4) is 0 Å². The molecule has 1 heterocycles. The minimum atomic E-state index is -0.293. The fraction of sp³-hybridized carbons (Fsp3) is 0.562. The highest BCUT2D eigenvalue weighted by atomic mass is 16.5. The SMILES string of the molecule is C=C(OCC)C(=O)c1ccc(CN(C(C)C)C(C)C)o1. The molecule has 0 fully saturated rings. The Balaban J connectivity index is 2.77. The van der Waals surface area contributed by atoms with Gasteiger partial charge in [0.1, 0.15) is 5.76 Å². The fourth-order valence-corrected chi connectivity index (χ4v) is 2.10. The average molecular weight is 279 g/mol. The van der Waals surface area contributed by atoms with Gasteiger partial charge in [-0.3, -0.25) is 9.69 Å². The summed E-state index contributed by atoms with van der Waals surface area (Å²) in [5, 5.41) is 0. The Morgan fingerprint density at radius 1 is 1.30 bits per heavy atom. The Kier molecular flexibility index (Phi) is 6.02. The fourth-order valence-electron chi connectivity index (χ4n) is 2.10. The van der Waals surface area contributed by atoms with Gasteiger partial charge in [0, 0.05) is 12.1 Å². The molecule has 0 aliphatic rings. The van der Waals surface area contributed by atoms with Crippen LogP contribution in [-0.2, 0) is 11.3 Å². The summed E-state index contributed by atoms with van der Waals surface area (Å²) in [6, 6.07) is 4.35. The van der Waals surface area contributed by atoms with Crippen LogP contribution in [0.3, 0.4) is 0 Å². The van der Waals surface area contributed by atoms with Crippen LogP contribution in [0.4, 0.5) is 0 Å². The monoisotopic (exact) mass is 279 g/mol. The Labute approximate surface area is 121 Å². The molecule has 4 nitrogen and oxygen atoms in total. The molecule has 0 aliphatic heterocycles. The second-order valence-corrected chi connectivity index (χ2v) is 5.31. The third-order valence-corrected chi connectivity index (χ3v) is 3.12. The van der Waals surface area contributed by atoms with Gasteiger partial charge in [-0.25, -0.2) is 0 Å². The summed E-state index contributed by atoms with van der Waals surface area (Å²) in [6.45, 7) is 15.1. The zero-order valence-electron chi connectivity index (χ0n) is 13.1. The summed E-state index contributed by atoms with van der Waals surface area (Å²) >= 11 is 0. The van der Waals surface area contributed by atoms with Crippen molar-refractivity contribution in [1.29, 1.82) is 0 Å². The van der Waals surface area contributed by atoms with Crippen molar-refractivity contribution in [2.45, 2.75) is 53.2 Å². The number of furan rings is 1. The van der Waals surface area contributed by atoms with Gasteiger partial charge in [-0.15, -0.1) is 0 Å². The van der Waals surface area contributed by atoms with E-state index >= 15 is 0 Å². The van der Waals surface area contributed by atoms with Crippen molar-refractivity contribution < 1.29 is 13.9 Å². The van der Waals surface area contributed by atoms with Crippen LogP contribution >= 0.6 is 0 Å². The van der Waals surface area contributed by atoms with Crippen molar-refractivity contribution in [2.75, 3.05) is 6.61 Å². The smallest absolute Gasteiger partial charge is 0.261 e. The summed E-state index contributed by atoms with van der Waals surface area (Å²) in [6.07, 6.45) is 0. The molecular weight excluding hydrogens is 254 g/mol. The van der Waals surface area contributed by atoms with Gasteiger partial charge in [0.2, 0.25) is 0 Å². The molecule has 0 amide bonds. The first-order valence-electron chi connectivity index (χ1n) is 7.07. The molecule has 0 atom stereocenters. The molecule has 0 radical (unpaired) electrons. The van der Waals surface area contributed by atoms with Crippen LogP contribution in [0.5, 0.6) is 0 Å². The number of ketones is 1. The van der Waals surface area contributed by atoms with E-state index in [1.807, 2.05) is 13.0 Å². The number of carbonyl (C=O) groups is 1. The lowest BCUT2D eigenvalue weighted by Crippen LogP contribution is -2.36. The van der Waals surface area contributed by atoms with Crippen LogP contribution in [0.25, 0.3) is 0 Å². The number of nitrogens with zero attached hydrogens (tertiary/aromatic N) is 1. The van der Waals surface area contributed by atoms with Crippen LogP contribution in [0, 0.1) is 0 Å². The molecule has 1 rings (SSSR count). The van der Waals surface area contributed by atoms with Crippen LogP contribution in [0.2, 0.25) is 0 Å². The van der Waals surface area contributed by atoms with E-state index in [2.05, 4.69) is 39.2 Å². The van der Waals surface area contributed by atoms with Crippen LogP contribution in [-0.4, -0.2) is 29.4 Å². The molecule has 1 aromatic heterocycles. The van der Waals surface area contributed by atoms with E-state index in [0.717, 1.165) is 5.76 Å². The predicted molar refractivity (Wildman–Crippen MR) is 79.6 cm³/mol. The molecule has 0 saturated heterocycles. The molecule has 1 aromatic rings. The second-order valence-electron chi connectivity index (χ2n) is 5.31. The topological polar surface area (TPSA) is 42.7 Å². The van der Waals surface area contributed by atoms with Crippen LogP contribution < -0.4 is 0 Å². The van der Waals surface area contributed by atoms with Gasteiger partial charge in [-0.2, -0.15) is 0 Å². The first-order chi connectivity index (χ1) is 9.36. The highest BCUT2D eigenvalue weighted by Gasteiger charge is 2.19. The van der Waals surface area contributed by atoms with Crippen LogP contribution in [0.15, 0.2) is 28.9 Å². The molecule has 0 N–H and O–H groups in total. The maximum Gasteiger partial charge on any atom is 0.261 e. The highest BCUT2D eigenvalue weighted by Crippen LogP contribution is 2.17. The average Bonchev–Trinajstić information content (AvgIpc) is 2.83. The summed E-state index contributed by atoms with van der Waals surface area (Å²) in [5.74, 6) is 0.891. The zero-order valence-corrected chi connectivity index (χ0v) is 13.1. The normalized spacial score (nSPS) is 11.4. The Hall–Kier alpha value is -1.55. The molecule has 112 valence electrons. The van der Waals surface area contributed by atoms with E-state index in [1.54, 1.807) is 6.07 Å². The number of ether oxygens (including phenoxy) is 1. The number of hydrogen-bond donors (Lipinski definition) is 0. The van der Waals surface area contributed by atoms with E-state index in [0.29, 0.717) is 25.2 Å². The van der Waals surface area contributed by atoms with Gasteiger partial charge in [0.15, 0.2) is 11.5 Å². The standard InChI is InChI=1S/C16H25NO3/c1-7-19-13(6)16(18)15-9-8-14(20-15)10-17(11(2)3)12(4)5/h8-9,11-12H,6-7,10H2,1-5H3. The van der Waals surface area contributed by atoms with Crippen molar-refractivity contribution in [3.63, 3.8) is 0 Å². The molecule has 0 aromatic carbocycles. The van der Waals surface area contributed by atoms with Gasteiger partial charge in [-0.05, 0) is 46.8 Å². The molecule has 0 saturated carbocycles. The summed E-state index contributed by atoms with van der Waals surface area (Å²) in [4.78, 5) is 14.3. The minimum Gasteiger partial charge on any atom is -0.490 e. The lowest BCUT2D eigenvalue weighted by molar-refractivity contribution is 0.0895. The number of allylic oxidation sites excluding steroid dienone is 1. The quantitative estimate of drug-likeness (QED) is 0.414. The Morgan fingerprint density at radius 2 is 1.90 bits per heavy atom. The van der Waals surface area contributed by atoms with Crippen molar-refractivity contribution in [3.05, 3.63) is 36.0 Å². The lowest BCUT2D eigenvalue weighted by atomic mass is 10.2. The van der Waals surface area contributed by atoms with E-state index in [1.165, 1.54) is 0 Å². The maximum atomic E-state index is 12.0. The van der Waals surface area contributed by atoms with Gasteiger partial charge in [0.05, 0.1) is 13.2 Å². The molecule has 0 spiro atoms. The van der Waals surface area contributed by atoms with E-state index in [-0.39, 0.29) is 17.3 Å². The first-order valence-corrected chi connectivity index (χ1v) is 7.07. The van der Waals surface area contributed by atoms with Crippen molar-refractivity contribution >= 4 is 5.78 Å². The molecule has 20 heavy (non-hydrogen) atoms. The number of carbonyl (C=O) groups excluding carboxylic acids is 1. The van der Waals surface area contributed by atoms with Crippen molar-refractivity contribution in [2.24, 2.45) is 0 Å². The first kappa shape index (κ1) is 16.5. The van der Waals surface area contributed by atoms with E-state index < -0.39 is 0 Å². The lowest BCUT2D eigenvalue weighted by Gasteiger charge is -2.29. The number of hydrogen-bond acceptors (Lipinski definition) is 4.